The lowest BCUT2D eigenvalue weighted by atomic mass is 10.1. The van der Waals surface area contributed by atoms with Crippen LogP contribution < -0.4 is 5.73 Å². The highest BCUT2D eigenvalue weighted by atomic mass is 16.2. The summed E-state index contributed by atoms with van der Waals surface area (Å²) in [7, 11) is 3.77. The minimum Gasteiger partial charge on any atom is -0.339 e. The number of hydrogen-bond acceptors (Lipinski definition) is 4. The van der Waals surface area contributed by atoms with Crippen molar-refractivity contribution in [1.82, 2.24) is 14.7 Å². The van der Waals surface area contributed by atoms with Crippen molar-refractivity contribution in [2.45, 2.75) is 32.2 Å². The van der Waals surface area contributed by atoms with Crippen molar-refractivity contribution < 1.29 is 9.59 Å². The van der Waals surface area contributed by atoms with Crippen LogP contribution in [0.15, 0.2) is 0 Å². The highest BCUT2D eigenvalue weighted by molar-refractivity contribution is 5.79. The summed E-state index contributed by atoms with van der Waals surface area (Å²) in [6, 6.07) is 0.156. The summed E-state index contributed by atoms with van der Waals surface area (Å²) in [4.78, 5) is 29.5. The third-order valence-electron chi connectivity index (χ3n) is 3.49. The number of piperazine rings is 1. The summed E-state index contributed by atoms with van der Waals surface area (Å²) in [6.07, 6.45) is 2.29. The lowest BCUT2D eigenvalue weighted by molar-refractivity contribution is -0.140. The van der Waals surface area contributed by atoms with E-state index < -0.39 is 0 Å². The van der Waals surface area contributed by atoms with Crippen LogP contribution in [0.4, 0.5) is 0 Å². The van der Waals surface area contributed by atoms with E-state index >= 15 is 0 Å². The van der Waals surface area contributed by atoms with E-state index in [2.05, 4.69) is 0 Å². The van der Waals surface area contributed by atoms with Gasteiger partial charge < -0.3 is 20.4 Å². The highest BCUT2D eigenvalue weighted by Gasteiger charge is 2.23. The molecule has 1 aliphatic heterocycles. The topological polar surface area (TPSA) is 69.9 Å². The molecule has 0 aliphatic carbocycles. The van der Waals surface area contributed by atoms with Crippen LogP contribution in [0.1, 0.15) is 26.2 Å². The molecule has 2 amide bonds. The Kier molecular flexibility index (Phi) is 6.95. The highest BCUT2D eigenvalue weighted by Crippen LogP contribution is 2.07. The Morgan fingerprint density at radius 1 is 1.10 bits per heavy atom. The predicted octanol–water partition coefficient (Wildman–Crippen LogP) is -0.264. The summed E-state index contributed by atoms with van der Waals surface area (Å²) in [5.41, 5.74) is 5.68. The van der Waals surface area contributed by atoms with Crippen molar-refractivity contribution >= 4 is 11.8 Å². The SMILES string of the molecule is CC(N)CCCC(=O)N1CCN(C(=O)CN(C)C)CC1. The minimum absolute atomic E-state index is 0.138. The monoisotopic (exact) mass is 284 g/mol. The molecule has 0 bridgehead atoms. The van der Waals surface area contributed by atoms with Gasteiger partial charge in [-0.05, 0) is 33.9 Å². The first-order valence-corrected chi connectivity index (χ1v) is 7.36. The Balaban J connectivity index is 2.27. The van der Waals surface area contributed by atoms with Crippen molar-refractivity contribution in [3.05, 3.63) is 0 Å². The molecule has 2 N–H and O–H groups in total. The van der Waals surface area contributed by atoms with E-state index in [1.165, 1.54) is 0 Å². The Labute approximate surface area is 121 Å². The second-order valence-electron chi connectivity index (χ2n) is 5.87. The van der Waals surface area contributed by atoms with Gasteiger partial charge in [-0.2, -0.15) is 0 Å². The maximum Gasteiger partial charge on any atom is 0.236 e. The third-order valence-corrected chi connectivity index (χ3v) is 3.49. The number of nitrogens with zero attached hydrogens (tertiary/aromatic N) is 3. The number of hydrogen-bond donors (Lipinski definition) is 1. The Morgan fingerprint density at radius 2 is 1.60 bits per heavy atom. The first-order chi connectivity index (χ1) is 9.40. The van der Waals surface area contributed by atoms with E-state index in [-0.39, 0.29) is 17.9 Å². The molecule has 116 valence electrons. The van der Waals surface area contributed by atoms with Gasteiger partial charge in [0.25, 0.3) is 0 Å². The third kappa shape index (κ3) is 5.88. The van der Waals surface area contributed by atoms with Gasteiger partial charge in [0.2, 0.25) is 11.8 Å². The Bertz CT molecular complexity index is 323. The molecule has 0 aromatic rings. The number of amides is 2. The van der Waals surface area contributed by atoms with Gasteiger partial charge in [0.15, 0.2) is 0 Å². The zero-order chi connectivity index (χ0) is 15.1. The van der Waals surface area contributed by atoms with Crippen molar-refractivity contribution in [3.8, 4) is 0 Å². The van der Waals surface area contributed by atoms with Crippen molar-refractivity contribution in [3.63, 3.8) is 0 Å². The maximum absolute atomic E-state index is 12.0. The quantitative estimate of drug-likeness (QED) is 0.729. The first kappa shape index (κ1) is 16.9. The van der Waals surface area contributed by atoms with E-state index in [0.29, 0.717) is 39.1 Å². The lowest BCUT2D eigenvalue weighted by Gasteiger charge is -2.35. The van der Waals surface area contributed by atoms with Crippen molar-refractivity contribution in [2.75, 3.05) is 46.8 Å². The molecule has 0 radical (unpaired) electrons. The summed E-state index contributed by atoms with van der Waals surface area (Å²) in [5, 5.41) is 0. The van der Waals surface area contributed by atoms with Crippen LogP contribution in [-0.2, 0) is 9.59 Å². The standard InChI is InChI=1S/C14H28N4O2/c1-12(15)5-4-6-13(19)17-7-9-18(10-8-17)14(20)11-16(2)3/h12H,4-11,15H2,1-3H3. The molecule has 1 atom stereocenters. The molecule has 1 unspecified atom stereocenters. The molecule has 0 spiro atoms. The number of carbonyl (C=O) groups is 2. The molecule has 20 heavy (non-hydrogen) atoms. The molecule has 1 rings (SSSR count). The summed E-state index contributed by atoms with van der Waals surface area (Å²) < 4.78 is 0. The molecule has 0 aromatic heterocycles. The average molecular weight is 284 g/mol. The summed E-state index contributed by atoms with van der Waals surface area (Å²) in [6.45, 7) is 4.98. The fourth-order valence-corrected chi connectivity index (χ4v) is 2.31. The maximum atomic E-state index is 12.0. The van der Waals surface area contributed by atoms with Crippen LogP contribution in [0.3, 0.4) is 0 Å². The van der Waals surface area contributed by atoms with Gasteiger partial charge in [-0.25, -0.2) is 0 Å². The van der Waals surface area contributed by atoms with E-state index in [4.69, 9.17) is 5.73 Å². The van der Waals surface area contributed by atoms with Crippen molar-refractivity contribution in [2.24, 2.45) is 5.73 Å². The summed E-state index contributed by atoms with van der Waals surface area (Å²) in [5.74, 6) is 0.324. The number of carbonyl (C=O) groups excluding carboxylic acids is 2. The van der Waals surface area contributed by atoms with E-state index in [9.17, 15) is 9.59 Å². The van der Waals surface area contributed by atoms with Crippen LogP contribution in [0, 0.1) is 0 Å². The zero-order valence-corrected chi connectivity index (χ0v) is 13.0. The van der Waals surface area contributed by atoms with Crippen LogP contribution in [0.25, 0.3) is 0 Å². The second kappa shape index (κ2) is 8.21. The van der Waals surface area contributed by atoms with Crippen LogP contribution in [0.2, 0.25) is 0 Å². The van der Waals surface area contributed by atoms with Gasteiger partial charge in [0, 0.05) is 38.6 Å². The predicted molar refractivity (Wildman–Crippen MR) is 79.2 cm³/mol. The van der Waals surface area contributed by atoms with Gasteiger partial charge >= 0.3 is 0 Å². The molecule has 1 fully saturated rings. The molecule has 6 heteroatoms. The van der Waals surface area contributed by atoms with Gasteiger partial charge in [0.1, 0.15) is 0 Å². The molecular formula is C14H28N4O2. The number of nitrogens with two attached hydrogens (primary N) is 1. The van der Waals surface area contributed by atoms with Gasteiger partial charge in [-0.15, -0.1) is 0 Å². The zero-order valence-electron chi connectivity index (χ0n) is 13.0. The molecule has 1 saturated heterocycles. The van der Waals surface area contributed by atoms with Crippen LogP contribution in [0.5, 0.6) is 0 Å². The Hall–Kier alpha value is -1.14. The fraction of sp³-hybridized carbons (Fsp3) is 0.857. The number of rotatable bonds is 6. The molecule has 1 aliphatic rings. The van der Waals surface area contributed by atoms with Crippen molar-refractivity contribution in [1.29, 1.82) is 0 Å². The minimum atomic E-state index is 0.138. The molecule has 0 aromatic carbocycles. The molecule has 0 saturated carbocycles. The van der Waals surface area contributed by atoms with E-state index in [1.54, 1.807) is 0 Å². The molecule has 6 nitrogen and oxygen atoms in total. The van der Waals surface area contributed by atoms with E-state index in [0.717, 1.165) is 12.8 Å². The second-order valence-corrected chi connectivity index (χ2v) is 5.87. The average Bonchev–Trinajstić information content (AvgIpc) is 2.37. The molecular weight excluding hydrogens is 256 g/mol. The largest absolute Gasteiger partial charge is 0.339 e. The summed E-state index contributed by atoms with van der Waals surface area (Å²) >= 11 is 0. The van der Waals surface area contributed by atoms with Crippen LogP contribution >= 0.6 is 0 Å². The smallest absolute Gasteiger partial charge is 0.236 e. The number of likely N-dealkylation sites (N-methyl/N-ethyl adjacent to an activating group) is 1. The normalized spacial score (nSPS) is 17.4. The fourth-order valence-electron chi connectivity index (χ4n) is 2.31. The van der Waals surface area contributed by atoms with Gasteiger partial charge in [0.05, 0.1) is 6.54 Å². The van der Waals surface area contributed by atoms with Gasteiger partial charge in [-0.3, -0.25) is 9.59 Å². The van der Waals surface area contributed by atoms with E-state index in [1.807, 2.05) is 35.7 Å². The molecule has 1 heterocycles. The van der Waals surface area contributed by atoms with Crippen LogP contribution in [-0.4, -0.2) is 79.4 Å². The van der Waals surface area contributed by atoms with Gasteiger partial charge in [-0.1, -0.05) is 0 Å². The Morgan fingerprint density at radius 3 is 2.05 bits per heavy atom. The lowest BCUT2D eigenvalue weighted by Crippen LogP contribution is -2.52. The first-order valence-electron chi connectivity index (χ1n) is 7.36.